The molecule has 3 N–H and O–H groups in total. The molecule has 1 unspecified atom stereocenters. The number of hydrogen-bond acceptors (Lipinski definition) is 4. The van der Waals surface area contributed by atoms with Gasteiger partial charge in [0.15, 0.2) is 0 Å². The van der Waals surface area contributed by atoms with Gasteiger partial charge in [0.25, 0.3) is 5.91 Å². The Hall–Kier alpha value is -3.03. The summed E-state index contributed by atoms with van der Waals surface area (Å²) in [7, 11) is 0. The minimum Gasteiger partial charge on any atom is -0.368 e. The number of aromatic amines is 1. The molecular weight excluding hydrogens is 523 g/mol. The van der Waals surface area contributed by atoms with Crippen molar-refractivity contribution in [1.29, 1.82) is 0 Å². The molecule has 3 aromatic rings. The second kappa shape index (κ2) is 10.6. The Morgan fingerprint density at radius 1 is 1.03 bits per heavy atom. The topological polar surface area (TPSA) is 99.5 Å². The van der Waals surface area contributed by atoms with Crippen molar-refractivity contribution in [3.05, 3.63) is 74.0 Å². The number of anilines is 1. The van der Waals surface area contributed by atoms with Crippen molar-refractivity contribution in [2.75, 3.05) is 24.5 Å². The number of amides is 2. The number of carbonyl (C=O) groups excluding carboxylic acids is 2. The standard InChI is InChI=1S/C29H32Cl2N4O3/c1-18-7-10-25-21(13-18)22(15-26(36)33-25)27(37)35-12-11-34(20-8-9-23(30)24(31)14-20)17-29(35,28(32)38)16-19-5-3-2-4-6-19/h7-10,13-15,19H,2-6,11-12,16-17H2,1H3,(H2,32,38)(H,33,36). The zero-order chi connectivity index (χ0) is 27.0. The largest absolute Gasteiger partial charge is 0.368 e. The van der Waals surface area contributed by atoms with Gasteiger partial charge in [-0.1, -0.05) is 66.9 Å². The molecule has 1 saturated heterocycles. The molecule has 1 aliphatic carbocycles. The monoisotopic (exact) mass is 554 g/mol. The molecule has 9 heteroatoms. The lowest BCUT2D eigenvalue weighted by molar-refractivity contribution is -0.130. The summed E-state index contributed by atoms with van der Waals surface area (Å²) in [6, 6.07) is 12.3. The average Bonchev–Trinajstić information content (AvgIpc) is 2.90. The van der Waals surface area contributed by atoms with Crippen LogP contribution in [0.25, 0.3) is 10.9 Å². The van der Waals surface area contributed by atoms with E-state index in [9.17, 15) is 14.4 Å². The molecule has 0 spiro atoms. The second-order valence-electron chi connectivity index (χ2n) is 10.7. The van der Waals surface area contributed by atoms with E-state index >= 15 is 0 Å². The molecule has 2 amide bonds. The molecule has 200 valence electrons. The Balaban J connectivity index is 1.60. The summed E-state index contributed by atoms with van der Waals surface area (Å²) in [5.41, 5.74) is 7.24. The molecule has 1 atom stereocenters. The van der Waals surface area contributed by atoms with Crippen LogP contribution in [0.4, 0.5) is 5.69 Å². The van der Waals surface area contributed by atoms with Crippen LogP contribution in [0, 0.1) is 12.8 Å². The molecule has 1 saturated carbocycles. The van der Waals surface area contributed by atoms with Gasteiger partial charge in [0.05, 0.1) is 22.2 Å². The minimum absolute atomic E-state index is 0.239. The van der Waals surface area contributed by atoms with Gasteiger partial charge in [-0.05, 0) is 49.6 Å². The van der Waals surface area contributed by atoms with Gasteiger partial charge in [-0.2, -0.15) is 0 Å². The maximum Gasteiger partial charge on any atom is 0.255 e. The van der Waals surface area contributed by atoms with Gasteiger partial charge in [-0.3, -0.25) is 14.4 Å². The van der Waals surface area contributed by atoms with Gasteiger partial charge in [0.2, 0.25) is 11.5 Å². The van der Waals surface area contributed by atoms with E-state index in [1.807, 2.05) is 25.1 Å². The first-order chi connectivity index (χ1) is 18.2. The smallest absolute Gasteiger partial charge is 0.255 e. The molecule has 0 bridgehead atoms. The van der Waals surface area contributed by atoms with E-state index in [2.05, 4.69) is 9.88 Å². The Morgan fingerprint density at radius 3 is 2.50 bits per heavy atom. The number of nitrogens with zero attached hydrogens (tertiary/aromatic N) is 2. The van der Waals surface area contributed by atoms with Crippen molar-refractivity contribution >= 4 is 51.6 Å². The maximum atomic E-state index is 14.3. The zero-order valence-corrected chi connectivity index (χ0v) is 22.9. The number of fused-ring (bicyclic) bond motifs is 1. The molecular formula is C29H32Cl2N4O3. The van der Waals surface area contributed by atoms with Crippen LogP contribution >= 0.6 is 23.2 Å². The highest BCUT2D eigenvalue weighted by atomic mass is 35.5. The fourth-order valence-electron chi connectivity index (χ4n) is 6.16. The summed E-state index contributed by atoms with van der Waals surface area (Å²) < 4.78 is 0. The van der Waals surface area contributed by atoms with Gasteiger partial charge >= 0.3 is 0 Å². The number of pyridine rings is 1. The van der Waals surface area contributed by atoms with E-state index in [0.717, 1.165) is 36.9 Å². The molecule has 38 heavy (non-hydrogen) atoms. The van der Waals surface area contributed by atoms with Crippen molar-refractivity contribution in [3.63, 3.8) is 0 Å². The number of hydrogen-bond donors (Lipinski definition) is 2. The SMILES string of the molecule is Cc1ccc2[nH]c(=O)cc(C(=O)N3CCN(c4ccc(Cl)c(Cl)c4)CC3(CC3CCCCC3)C(N)=O)c2c1. The van der Waals surface area contributed by atoms with Gasteiger partial charge < -0.3 is 20.5 Å². The fourth-order valence-corrected chi connectivity index (χ4v) is 6.45. The highest BCUT2D eigenvalue weighted by Crippen LogP contribution is 2.39. The van der Waals surface area contributed by atoms with Crippen molar-refractivity contribution < 1.29 is 9.59 Å². The lowest BCUT2D eigenvalue weighted by Gasteiger charge is -2.51. The number of piperazine rings is 1. The lowest BCUT2D eigenvalue weighted by atomic mass is 9.76. The van der Waals surface area contributed by atoms with Crippen LogP contribution in [0.15, 0.2) is 47.3 Å². The van der Waals surface area contributed by atoms with Crippen LogP contribution in [0.5, 0.6) is 0 Å². The number of aryl methyl sites for hydroxylation is 1. The summed E-state index contributed by atoms with van der Waals surface area (Å²) in [5.74, 6) is -0.611. The van der Waals surface area contributed by atoms with Crippen molar-refractivity contribution in [2.45, 2.75) is 51.0 Å². The van der Waals surface area contributed by atoms with Crippen LogP contribution in [-0.4, -0.2) is 46.9 Å². The second-order valence-corrected chi connectivity index (χ2v) is 11.5. The molecule has 2 aromatic carbocycles. The van der Waals surface area contributed by atoms with E-state index < -0.39 is 11.4 Å². The lowest BCUT2D eigenvalue weighted by Crippen LogP contribution is -2.70. The van der Waals surface area contributed by atoms with Crippen molar-refractivity contribution in [3.8, 4) is 0 Å². The quantitative estimate of drug-likeness (QED) is 0.446. The third kappa shape index (κ3) is 5.02. The molecule has 2 fully saturated rings. The van der Waals surface area contributed by atoms with Gasteiger partial charge in [-0.25, -0.2) is 0 Å². The summed E-state index contributed by atoms with van der Waals surface area (Å²) >= 11 is 12.5. The molecule has 7 nitrogen and oxygen atoms in total. The average molecular weight is 556 g/mol. The summed E-state index contributed by atoms with van der Waals surface area (Å²) in [6.07, 6.45) is 5.85. The molecule has 2 aliphatic rings. The van der Waals surface area contributed by atoms with E-state index in [-0.39, 0.29) is 36.0 Å². The van der Waals surface area contributed by atoms with E-state index in [4.69, 9.17) is 28.9 Å². The first-order valence-electron chi connectivity index (χ1n) is 13.1. The summed E-state index contributed by atoms with van der Waals surface area (Å²) in [5, 5.41) is 1.52. The van der Waals surface area contributed by atoms with Gasteiger partial charge in [-0.15, -0.1) is 0 Å². The molecule has 1 aliphatic heterocycles. The Morgan fingerprint density at radius 2 is 1.79 bits per heavy atom. The predicted molar refractivity (Wildman–Crippen MR) is 152 cm³/mol. The van der Waals surface area contributed by atoms with Crippen LogP contribution in [0.1, 0.15) is 54.4 Å². The molecule has 0 radical (unpaired) electrons. The fraction of sp³-hybridized carbons (Fsp3) is 0.414. The van der Waals surface area contributed by atoms with Crippen LogP contribution in [-0.2, 0) is 4.79 Å². The third-order valence-corrected chi connectivity index (χ3v) is 8.85. The molecule has 1 aromatic heterocycles. The number of aromatic nitrogens is 1. The number of rotatable bonds is 5. The molecule has 2 heterocycles. The van der Waals surface area contributed by atoms with Crippen LogP contribution in [0.3, 0.4) is 0 Å². The van der Waals surface area contributed by atoms with E-state index in [1.165, 1.54) is 12.5 Å². The first kappa shape index (κ1) is 26.6. The Kier molecular flexibility index (Phi) is 7.43. The highest BCUT2D eigenvalue weighted by molar-refractivity contribution is 6.42. The summed E-state index contributed by atoms with van der Waals surface area (Å²) in [4.78, 5) is 46.8. The van der Waals surface area contributed by atoms with E-state index in [0.29, 0.717) is 33.9 Å². The zero-order valence-electron chi connectivity index (χ0n) is 21.4. The van der Waals surface area contributed by atoms with Crippen molar-refractivity contribution in [1.82, 2.24) is 9.88 Å². The normalized spacial score (nSPS) is 20.6. The number of nitrogens with one attached hydrogen (secondary N) is 1. The van der Waals surface area contributed by atoms with Gasteiger partial charge in [0.1, 0.15) is 5.54 Å². The molecule has 5 rings (SSSR count). The number of primary amides is 1. The number of halogens is 2. The third-order valence-electron chi connectivity index (χ3n) is 8.11. The Labute approximate surface area is 231 Å². The van der Waals surface area contributed by atoms with Crippen LogP contribution in [0.2, 0.25) is 10.0 Å². The number of H-pyrrole nitrogens is 1. The highest BCUT2D eigenvalue weighted by Gasteiger charge is 2.50. The van der Waals surface area contributed by atoms with E-state index in [1.54, 1.807) is 23.1 Å². The predicted octanol–water partition coefficient (Wildman–Crippen LogP) is 5.30. The summed E-state index contributed by atoms with van der Waals surface area (Å²) in [6.45, 7) is 2.92. The van der Waals surface area contributed by atoms with Crippen molar-refractivity contribution in [2.24, 2.45) is 11.7 Å². The number of benzene rings is 2. The number of carbonyl (C=O) groups is 2. The van der Waals surface area contributed by atoms with Crippen LogP contribution < -0.4 is 16.2 Å². The number of nitrogens with two attached hydrogens (primary N) is 1. The minimum atomic E-state index is -1.25. The first-order valence-corrected chi connectivity index (χ1v) is 13.9. The Bertz CT molecular complexity index is 1450. The maximum absolute atomic E-state index is 14.3. The van der Waals surface area contributed by atoms with Gasteiger partial charge in [0, 0.05) is 35.7 Å².